The number of nitrogens with zero attached hydrogens (tertiary/aromatic N) is 7. The van der Waals surface area contributed by atoms with E-state index in [0.29, 0.717) is 27.9 Å². The molecule has 1 atom stereocenters. The van der Waals surface area contributed by atoms with Crippen molar-refractivity contribution < 1.29 is 4.79 Å². The molecule has 0 saturated heterocycles. The first kappa shape index (κ1) is 31.7. The van der Waals surface area contributed by atoms with Gasteiger partial charge in [-0.3, -0.25) is 18.8 Å². The second-order valence-electron chi connectivity index (χ2n) is 11.2. The maximum absolute atomic E-state index is 14.4. The number of aromatic nitrogens is 7. The van der Waals surface area contributed by atoms with Crippen LogP contribution < -0.4 is 16.6 Å². The molecule has 0 spiro atoms. The highest BCUT2D eigenvalue weighted by Crippen LogP contribution is 2.21. The minimum Gasteiger partial charge on any atom is -0.381 e. The molecule has 11 nitrogen and oxygen atoms in total. The van der Waals surface area contributed by atoms with Crippen molar-refractivity contribution in [1.82, 2.24) is 39.2 Å². The van der Waals surface area contributed by atoms with E-state index in [0.717, 1.165) is 33.1 Å². The topological polar surface area (TPSA) is 138 Å². The van der Waals surface area contributed by atoms with E-state index in [2.05, 4.69) is 38.3 Å². The van der Waals surface area contributed by atoms with E-state index >= 15 is 0 Å². The van der Waals surface area contributed by atoms with Gasteiger partial charge in [-0.1, -0.05) is 34.8 Å². The Labute approximate surface area is 270 Å². The summed E-state index contributed by atoms with van der Waals surface area (Å²) in [6.07, 6.45) is 10.6. The van der Waals surface area contributed by atoms with Gasteiger partial charge in [0.05, 0.1) is 34.4 Å². The molecule has 5 rings (SSSR count). The molecule has 1 aromatic carbocycles. The lowest BCUT2D eigenvalue weighted by atomic mass is 9.66. The van der Waals surface area contributed by atoms with Crippen LogP contribution in [0.4, 0.5) is 5.82 Å². The molecule has 224 valence electrons. The number of amides is 1. The molecule has 3 N–H and O–H groups in total. The highest BCUT2D eigenvalue weighted by atomic mass is 16.2. The quantitative estimate of drug-likeness (QED) is 0.137. The Hall–Kier alpha value is -5.68. The first-order valence-corrected chi connectivity index (χ1v) is 14.7. The minimum atomic E-state index is -0.701. The monoisotopic (exact) mass is 605 g/mol. The van der Waals surface area contributed by atoms with E-state index in [4.69, 9.17) is 17.1 Å². The van der Waals surface area contributed by atoms with Crippen LogP contribution in [0.25, 0.3) is 16.6 Å². The SMILES string of the molecule is B/C(C#C)=C(B)/C(B)=C(/B)Cn1c([C@@H](C)NC(=O)c2c(N)nn3cccnc23)nc2cccc(C#Cc3cnn(C)c3C)c2c1=O. The number of allylic oxidation sites excluding steroid dienone is 4. The van der Waals surface area contributed by atoms with E-state index in [1.165, 1.54) is 4.52 Å². The van der Waals surface area contributed by atoms with Crippen LogP contribution >= 0.6 is 0 Å². The van der Waals surface area contributed by atoms with Gasteiger partial charge in [-0.25, -0.2) is 14.5 Å². The highest BCUT2D eigenvalue weighted by molar-refractivity contribution is 6.44. The van der Waals surface area contributed by atoms with E-state index in [9.17, 15) is 9.59 Å². The Morgan fingerprint density at radius 3 is 2.57 bits per heavy atom. The standard InChI is InChI=1S/C31H31B4N9O2/c1-5-20(32)25(34)26(35)21(33)15-43-28(16(2)39-30(45)24-27(36)41-44-13-7-12-37-29(24)44)40-22-9-6-8-18(23(22)31(43)46)10-11-19-14-38-42(4)17(19)3/h1,6-9,12-14,16H,15,32-35H2,2-4H3,(H2,36,41)(H,39,45)/b25-20-,26-21-/t16-/m1/s1. The highest BCUT2D eigenvalue weighted by Gasteiger charge is 2.24. The second-order valence-corrected chi connectivity index (χ2v) is 11.2. The average Bonchev–Trinajstić information content (AvgIpc) is 3.56. The number of rotatable bonds is 6. The summed E-state index contributed by atoms with van der Waals surface area (Å²) in [5, 5.41) is 11.8. The predicted molar refractivity (Wildman–Crippen MR) is 190 cm³/mol. The molecule has 0 bridgehead atoms. The Kier molecular flexibility index (Phi) is 8.79. The van der Waals surface area contributed by atoms with Crippen LogP contribution in [-0.4, -0.2) is 71.2 Å². The van der Waals surface area contributed by atoms with Gasteiger partial charge in [0, 0.05) is 31.5 Å². The summed E-state index contributed by atoms with van der Waals surface area (Å²) in [7, 11) is 9.62. The number of hydrogen-bond acceptors (Lipinski definition) is 7. The van der Waals surface area contributed by atoms with Gasteiger partial charge in [0.15, 0.2) is 11.5 Å². The van der Waals surface area contributed by atoms with Crippen molar-refractivity contribution in [3.8, 4) is 24.2 Å². The van der Waals surface area contributed by atoms with E-state index in [1.807, 2.05) is 51.4 Å². The van der Waals surface area contributed by atoms with E-state index < -0.39 is 11.9 Å². The Bertz CT molecular complexity index is 2280. The molecule has 5 aromatic rings. The minimum absolute atomic E-state index is 0.0416. The fraction of sp³-hybridized carbons (Fsp3) is 0.161. The number of nitrogen functional groups attached to an aromatic ring is 1. The van der Waals surface area contributed by atoms with Gasteiger partial charge in [-0.2, -0.15) is 5.10 Å². The largest absolute Gasteiger partial charge is 0.381 e. The van der Waals surface area contributed by atoms with E-state index in [1.54, 1.807) is 53.0 Å². The fourth-order valence-corrected chi connectivity index (χ4v) is 5.14. The van der Waals surface area contributed by atoms with Crippen molar-refractivity contribution >= 4 is 59.7 Å². The van der Waals surface area contributed by atoms with Crippen LogP contribution in [0.15, 0.2) is 69.5 Å². The van der Waals surface area contributed by atoms with Crippen molar-refractivity contribution in [3.63, 3.8) is 0 Å². The molecule has 0 radical (unpaired) electrons. The summed E-state index contributed by atoms with van der Waals surface area (Å²) in [5.41, 5.74) is 12.6. The molecule has 15 heteroatoms. The lowest BCUT2D eigenvalue weighted by Gasteiger charge is -2.21. The summed E-state index contributed by atoms with van der Waals surface area (Å²) < 4.78 is 4.78. The van der Waals surface area contributed by atoms with Crippen molar-refractivity contribution in [1.29, 1.82) is 0 Å². The first-order chi connectivity index (χ1) is 21.9. The predicted octanol–water partition coefficient (Wildman–Crippen LogP) is -1.46. The first-order valence-electron chi connectivity index (χ1n) is 14.7. The number of terminal acetylenes is 1. The smallest absolute Gasteiger partial charge is 0.262 e. The van der Waals surface area contributed by atoms with Gasteiger partial charge in [0.25, 0.3) is 11.5 Å². The molecular formula is C31H31B4N9O2. The van der Waals surface area contributed by atoms with Crippen LogP contribution in [0.2, 0.25) is 0 Å². The third-order valence-corrected chi connectivity index (χ3v) is 8.34. The van der Waals surface area contributed by atoms with Crippen LogP contribution in [0.5, 0.6) is 0 Å². The summed E-state index contributed by atoms with van der Waals surface area (Å²) in [6.45, 7) is 3.91. The van der Waals surface area contributed by atoms with Gasteiger partial charge in [0.2, 0.25) is 0 Å². The molecule has 0 aliphatic rings. The number of aryl methyl sites for hydroxylation is 1. The third kappa shape index (κ3) is 5.87. The number of nitrogens with one attached hydrogen (secondary N) is 1. The maximum Gasteiger partial charge on any atom is 0.262 e. The number of nitrogens with two attached hydrogens (primary N) is 1. The van der Waals surface area contributed by atoms with Crippen LogP contribution in [0.3, 0.4) is 0 Å². The molecule has 0 aliphatic heterocycles. The van der Waals surface area contributed by atoms with Crippen molar-refractivity contribution in [3.05, 3.63) is 103 Å². The molecule has 4 aromatic heterocycles. The summed E-state index contributed by atoms with van der Waals surface area (Å²) in [4.78, 5) is 37.2. The molecule has 0 aliphatic carbocycles. The summed E-state index contributed by atoms with van der Waals surface area (Å²) in [5.74, 6) is 8.94. The average molecular weight is 605 g/mol. The zero-order valence-electron chi connectivity index (χ0n) is 26.9. The van der Waals surface area contributed by atoms with Crippen molar-refractivity contribution in [2.75, 3.05) is 5.73 Å². The normalized spacial score (nSPS) is 12.9. The Balaban J connectivity index is 1.66. The number of fused-ring (bicyclic) bond motifs is 2. The number of benzene rings is 1. The van der Waals surface area contributed by atoms with Crippen LogP contribution in [-0.2, 0) is 13.6 Å². The Morgan fingerprint density at radius 2 is 1.87 bits per heavy atom. The molecule has 0 saturated carbocycles. The maximum atomic E-state index is 14.4. The van der Waals surface area contributed by atoms with Gasteiger partial charge in [0.1, 0.15) is 42.8 Å². The summed E-state index contributed by atoms with van der Waals surface area (Å²) >= 11 is 0. The number of anilines is 1. The molecule has 1 amide bonds. The summed E-state index contributed by atoms with van der Waals surface area (Å²) in [6, 6.07) is 6.37. The second kappa shape index (κ2) is 12.7. The molecule has 0 unspecified atom stereocenters. The van der Waals surface area contributed by atoms with E-state index in [-0.39, 0.29) is 23.5 Å². The third-order valence-electron chi connectivity index (χ3n) is 8.34. The van der Waals surface area contributed by atoms with Gasteiger partial charge >= 0.3 is 0 Å². The number of hydrogen-bond donors (Lipinski definition) is 2. The van der Waals surface area contributed by atoms with Crippen molar-refractivity contribution in [2.45, 2.75) is 26.4 Å². The van der Waals surface area contributed by atoms with Crippen molar-refractivity contribution in [2.24, 2.45) is 7.05 Å². The lowest BCUT2D eigenvalue weighted by Crippen LogP contribution is -2.35. The molecule has 0 fully saturated rings. The fourth-order valence-electron chi connectivity index (χ4n) is 5.14. The van der Waals surface area contributed by atoms with Crippen LogP contribution in [0, 0.1) is 31.1 Å². The Morgan fingerprint density at radius 1 is 1.13 bits per heavy atom. The van der Waals surface area contributed by atoms with Crippen LogP contribution in [0.1, 0.15) is 46.0 Å². The molecule has 46 heavy (non-hydrogen) atoms. The molecule has 4 heterocycles. The number of carbonyl (C=O) groups excluding carboxylic acids is 1. The zero-order valence-corrected chi connectivity index (χ0v) is 26.9. The lowest BCUT2D eigenvalue weighted by molar-refractivity contribution is 0.0939. The zero-order chi connectivity index (χ0) is 33.3. The van der Waals surface area contributed by atoms with Gasteiger partial charge < -0.3 is 11.1 Å². The van der Waals surface area contributed by atoms with Gasteiger partial charge in [-0.15, -0.1) is 17.0 Å². The van der Waals surface area contributed by atoms with Gasteiger partial charge in [-0.05, 0) is 37.5 Å². The molecular weight excluding hydrogens is 574 g/mol. The number of carbonyl (C=O) groups is 1.